The summed E-state index contributed by atoms with van der Waals surface area (Å²) in [7, 11) is 2.15. The van der Waals surface area contributed by atoms with Crippen molar-refractivity contribution in [3.63, 3.8) is 0 Å². The minimum Gasteiger partial charge on any atom is -0.354 e. The van der Waals surface area contributed by atoms with Gasteiger partial charge >= 0.3 is 0 Å². The maximum atomic E-state index is 12.3. The van der Waals surface area contributed by atoms with Crippen LogP contribution in [-0.2, 0) is 4.79 Å². The lowest BCUT2D eigenvalue weighted by Crippen LogP contribution is -2.48. The molecule has 28 heavy (non-hydrogen) atoms. The van der Waals surface area contributed by atoms with Crippen molar-refractivity contribution in [2.24, 2.45) is 0 Å². The number of nitrogens with zero attached hydrogens (tertiary/aromatic N) is 2. The molecule has 5 nitrogen and oxygen atoms in total. The monoisotopic (exact) mass is 399 g/mol. The number of carbonyl (C=O) groups is 2. The minimum atomic E-state index is 0.0223. The van der Waals surface area contributed by atoms with Crippen LogP contribution in [0.15, 0.2) is 47.8 Å². The molecule has 1 aliphatic rings. The van der Waals surface area contributed by atoms with Crippen molar-refractivity contribution in [1.29, 1.82) is 0 Å². The Balaban J connectivity index is 1.48. The van der Waals surface area contributed by atoms with E-state index in [-0.39, 0.29) is 17.7 Å². The number of nitrogens with one attached hydrogen (secondary N) is 1. The van der Waals surface area contributed by atoms with Crippen LogP contribution >= 0.6 is 11.3 Å². The first-order valence-electron chi connectivity index (χ1n) is 9.94. The van der Waals surface area contributed by atoms with Crippen molar-refractivity contribution in [2.75, 3.05) is 39.8 Å². The molecule has 1 fully saturated rings. The van der Waals surface area contributed by atoms with E-state index in [1.165, 1.54) is 16.9 Å². The number of rotatable bonds is 9. The van der Waals surface area contributed by atoms with E-state index < -0.39 is 0 Å². The molecule has 1 N–H and O–H groups in total. The zero-order valence-electron chi connectivity index (χ0n) is 16.5. The third-order valence-corrected chi connectivity index (χ3v) is 6.17. The van der Waals surface area contributed by atoms with Crippen molar-refractivity contribution < 1.29 is 9.59 Å². The Morgan fingerprint density at radius 3 is 2.46 bits per heavy atom. The van der Waals surface area contributed by atoms with Gasteiger partial charge in [-0.1, -0.05) is 36.4 Å². The lowest BCUT2D eigenvalue weighted by molar-refractivity contribution is -0.121. The van der Waals surface area contributed by atoms with E-state index in [0.29, 0.717) is 25.8 Å². The normalized spacial score (nSPS) is 16.6. The minimum absolute atomic E-state index is 0.0223. The van der Waals surface area contributed by atoms with Gasteiger partial charge in [-0.05, 0) is 30.5 Å². The number of benzene rings is 1. The molecular formula is C22H29N3O2S. The summed E-state index contributed by atoms with van der Waals surface area (Å²) in [6.07, 6.45) is 1.41. The quantitative estimate of drug-likeness (QED) is 0.658. The molecule has 2 heterocycles. The zero-order valence-corrected chi connectivity index (χ0v) is 17.3. The number of Topliss-reactive ketones (excluding diaryl/α,β-unsaturated/α-hetero) is 1. The molecule has 0 bridgehead atoms. The van der Waals surface area contributed by atoms with E-state index in [0.717, 1.165) is 31.1 Å². The highest BCUT2D eigenvalue weighted by Crippen LogP contribution is 2.21. The molecule has 2 aromatic rings. The van der Waals surface area contributed by atoms with Gasteiger partial charge in [0.2, 0.25) is 5.91 Å². The van der Waals surface area contributed by atoms with Crippen LogP contribution in [0.25, 0.3) is 0 Å². The summed E-state index contributed by atoms with van der Waals surface area (Å²) in [4.78, 5) is 29.9. The van der Waals surface area contributed by atoms with Crippen LogP contribution in [0.4, 0.5) is 0 Å². The molecule has 0 saturated carbocycles. The van der Waals surface area contributed by atoms with Gasteiger partial charge in [-0.2, -0.15) is 0 Å². The van der Waals surface area contributed by atoms with Crippen molar-refractivity contribution in [3.05, 3.63) is 58.3 Å². The maximum absolute atomic E-state index is 12.3. The van der Waals surface area contributed by atoms with Crippen LogP contribution in [0.1, 0.15) is 40.5 Å². The number of carbonyl (C=O) groups excluding carboxylic acids is 2. The number of amides is 1. The molecule has 3 rings (SSSR count). The number of likely N-dealkylation sites (N-methyl/N-ethyl adjacent to an activating group) is 1. The second-order valence-corrected chi connectivity index (χ2v) is 8.27. The fraction of sp³-hybridized carbons (Fsp3) is 0.455. The number of piperazine rings is 1. The van der Waals surface area contributed by atoms with Gasteiger partial charge in [0.1, 0.15) is 0 Å². The molecule has 0 aliphatic carbocycles. The lowest BCUT2D eigenvalue weighted by Gasteiger charge is -2.38. The Kier molecular flexibility index (Phi) is 7.77. The van der Waals surface area contributed by atoms with Crippen LogP contribution in [0.5, 0.6) is 0 Å². The summed E-state index contributed by atoms with van der Waals surface area (Å²) >= 11 is 1.46. The second-order valence-electron chi connectivity index (χ2n) is 7.32. The van der Waals surface area contributed by atoms with Gasteiger partial charge in [-0.3, -0.25) is 14.5 Å². The van der Waals surface area contributed by atoms with E-state index in [4.69, 9.17) is 0 Å². The van der Waals surface area contributed by atoms with E-state index in [2.05, 4.69) is 46.4 Å². The van der Waals surface area contributed by atoms with Gasteiger partial charge in [0.15, 0.2) is 5.78 Å². The Labute approximate surface area is 171 Å². The molecule has 0 radical (unpaired) electrons. The molecule has 0 spiro atoms. The van der Waals surface area contributed by atoms with Crippen LogP contribution < -0.4 is 5.32 Å². The summed E-state index contributed by atoms with van der Waals surface area (Å²) in [6.45, 7) is 4.69. The van der Waals surface area contributed by atoms with E-state index >= 15 is 0 Å². The van der Waals surface area contributed by atoms with Gasteiger partial charge in [-0.25, -0.2) is 0 Å². The fourth-order valence-electron chi connectivity index (χ4n) is 3.54. The van der Waals surface area contributed by atoms with Crippen LogP contribution in [0, 0.1) is 0 Å². The smallest absolute Gasteiger partial charge is 0.220 e. The Morgan fingerprint density at radius 2 is 1.79 bits per heavy atom. The molecule has 1 unspecified atom stereocenters. The summed E-state index contributed by atoms with van der Waals surface area (Å²) in [6, 6.07) is 14.3. The van der Waals surface area contributed by atoms with Crippen LogP contribution in [0.2, 0.25) is 0 Å². The van der Waals surface area contributed by atoms with Gasteiger partial charge in [0.25, 0.3) is 0 Å². The van der Waals surface area contributed by atoms with Crippen molar-refractivity contribution >= 4 is 23.0 Å². The topological polar surface area (TPSA) is 52.6 Å². The second kappa shape index (κ2) is 10.5. The molecule has 1 aromatic carbocycles. The standard InChI is InChI=1S/C22H29N3O2S/c1-24-12-14-25(15-13-24)19(18-7-3-2-4-8-18)17-23-22(27)11-5-9-20(26)21-10-6-16-28-21/h2-4,6-8,10,16,19H,5,9,11-15,17H2,1H3,(H,23,27). The SMILES string of the molecule is CN1CCN(C(CNC(=O)CCCC(=O)c2cccs2)c2ccccc2)CC1. The molecule has 6 heteroatoms. The highest BCUT2D eigenvalue weighted by atomic mass is 32.1. The average Bonchev–Trinajstić information content (AvgIpc) is 3.25. The van der Waals surface area contributed by atoms with Crippen molar-refractivity contribution in [1.82, 2.24) is 15.1 Å². The summed E-state index contributed by atoms with van der Waals surface area (Å²) in [5, 5.41) is 5.00. The van der Waals surface area contributed by atoms with Gasteiger partial charge in [0, 0.05) is 45.6 Å². The zero-order chi connectivity index (χ0) is 19.8. The highest BCUT2D eigenvalue weighted by molar-refractivity contribution is 7.12. The first-order valence-corrected chi connectivity index (χ1v) is 10.8. The first-order chi connectivity index (χ1) is 13.6. The fourth-order valence-corrected chi connectivity index (χ4v) is 4.23. The highest BCUT2D eigenvalue weighted by Gasteiger charge is 2.24. The summed E-state index contributed by atoms with van der Waals surface area (Å²) < 4.78 is 0. The number of hydrogen-bond acceptors (Lipinski definition) is 5. The first kappa shape index (κ1) is 20.7. The predicted molar refractivity (Wildman–Crippen MR) is 114 cm³/mol. The number of ketones is 1. The Morgan fingerprint density at radius 1 is 1.04 bits per heavy atom. The van der Waals surface area contributed by atoms with Crippen LogP contribution in [0.3, 0.4) is 0 Å². The Hall–Kier alpha value is -2.02. The molecule has 150 valence electrons. The van der Waals surface area contributed by atoms with Gasteiger partial charge in [-0.15, -0.1) is 11.3 Å². The average molecular weight is 400 g/mol. The van der Waals surface area contributed by atoms with Crippen LogP contribution in [-0.4, -0.2) is 61.3 Å². The molecule has 1 amide bonds. The molecule has 1 atom stereocenters. The van der Waals surface area contributed by atoms with E-state index in [9.17, 15) is 9.59 Å². The maximum Gasteiger partial charge on any atom is 0.220 e. The predicted octanol–water partition coefficient (Wildman–Crippen LogP) is 3.21. The molecule has 1 saturated heterocycles. The van der Waals surface area contributed by atoms with E-state index in [1.807, 2.05) is 23.6 Å². The molecular weight excluding hydrogens is 370 g/mol. The third-order valence-electron chi connectivity index (χ3n) is 5.26. The third kappa shape index (κ3) is 5.99. The largest absolute Gasteiger partial charge is 0.354 e. The molecule has 1 aromatic heterocycles. The van der Waals surface area contributed by atoms with Gasteiger partial charge < -0.3 is 10.2 Å². The van der Waals surface area contributed by atoms with Crippen molar-refractivity contribution in [3.8, 4) is 0 Å². The summed E-state index contributed by atoms with van der Waals surface area (Å²) in [5.41, 5.74) is 1.24. The number of thiophene rings is 1. The lowest BCUT2D eigenvalue weighted by atomic mass is 10.0. The van der Waals surface area contributed by atoms with E-state index in [1.54, 1.807) is 0 Å². The Bertz CT molecular complexity index is 740. The number of hydrogen-bond donors (Lipinski definition) is 1. The van der Waals surface area contributed by atoms with Gasteiger partial charge in [0.05, 0.1) is 10.9 Å². The summed E-state index contributed by atoms with van der Waals surface area (Å²) in [5.74, 6) is 0.149. The molecule has 1 aliphatic heterocycles. The van der Waals surface area contributed by atoms with Crippen molar-refractivity contribution in [2.45, 2.75) is 25.3 Å².